The third-order valence-electron chi connectivity index (χ3n) is 5.42. The Kier molecular flexibility index (Phi) is 5.90. The summed E-state index contributed by atoms with van der Waals surface area (Å²) in [5, 5.41) is 3.08. The number of carbonyl (C=O) groups excluding carboxylic acids is 1. The molecule has 150 valence electrons. The van der Waals surface area contributed by atoms with Gasteiger partial charge in [0.15, 0.2) is 5.82 Å². The topological polar surface area (TPSA) is 76.6 Å². The maximum absolute atomic E-state index is 12.7. The lowest BCUT2D eigenvalue weighted by Crippen LogP contribution is -2.45. The van der Waals surface area contributed by atoms with Crippen molar-refractivity contribution < 1.29 is 14.3 Å². The highest BCUT2D eigenvalue weighted by molar-refractivity contribution is 5.80. The van der Waals surface area contributed by atoms with Gasteiger partial charge in [0.2, 0.25) is 5.91 Å². The van der Waals surface area contributed by atoms with E-state index < -0.39 is 0 Å². The van der Waals surface area contributed by atoms with E-state index in [-0.39, 0.29) is 17.9 Å². The Morgan fingerprint density at radius 1 is 1.25 bits per heavy atom. The lowest BCUT2D eigenvalue weighted by Gasteiger charge is -2.33. The number of rotatable bonds is 6. The zero-order chi connectivity index (χ0) is 19.3. The van der Waals surface area contributed by atoms with Gasteiger partial charge in [-0.05, 0) is 44.7 Å². The van der Waals surface area contributed by atoms with Crippen LogP contribution in [0.4, 0.5) is 5.82 Å². The van der Waals surface area contributed by atoms with Crippen molar-refractivity contribution in [1.29, 1.82) is 0 Å². The van der Waals surface area contributed by atoms with Crippen molar-refractivity contribution in [3.8, 4) is 5.88 Å². The molecule has 28 heavy (non-hydrogen) atoms. The molecule has 1 N–H and O–H groups in total. The minimum Gasteiger partial charge on any atom is -0.475 e. The number of fused-ring (bicyclic) bond motifs is 1. The summed E-state index contributed by atoms with van der Waals surface area (Å²) in [5.41, 5.74) is 1.66. The lowest BCUT2D eigenvalue weighted by atomic mass is 9.97. The molecule has 0 bridgehead atoms. The highest BCUT2D eigenvalue weighted by atomic mass is 16.5. The van der Waals surface area contributed by atoms with E-state index in [1.165, 1.54) is 0 Å². The van der Waals surface area contributed by atoms with E-state index in [2.05, 4.69) is 15.2 Å². The number of nitrogens with zero attached hydrogens (tertiary/aromatic N) is 3. The summed E-state index contributed by atoms with van der Waals surface area (Å²) in [6.07, 6.45) is 4.11. The summed E-state index contributed by atoms with van der Waals surface area (Å²) in [7, 11) is 0. The second-order valence-electron chi connectivity index (χ2n) is 7.44. The number of benzene rings is 1. The summed E-state index contributed by atoms with van der Waals surface area (Å²) in [6.45, 7) is 5.36. The number of aromatic nitrogens is 2. The maximum Gasteiger partial charge on any atom is 0.258 e. The molecule has 2 aliphatic rings. The molecule has 0 radical (unpaired) electrons. The first-order valence-electron chi connectivity index (χ1n) is 10.3. The number of anilines is 1. The van der Waals surface area contributed by atoms with Crippen LogP contribution in [0, 0.1) is 5.92 Å². The molecule has 0 saturated carbocycles. The van der Waals surface area contributed by atoms with Crippen LogP contribution in [0.15, 0.2) is 24.3 Å². The van der Waals surface area contributed by atoms with Gasteiger partial charge in [-0.25, -0.2) is 9.97 Å². The smallest absolute Gasteiger partial charge is 0.258 e. The van der Waals surface area contributed by atoms with Crippen LogP contribution in [0.2, 0.25) is 0 Å². The highest BCUT2D eigenvalue weighted by Gasteiger charge is 2.29. The molecule has 1 aromatic carbocycles. The number of hydrogen-bond donors (Lipinski definition) is 1. The number of nitrogens with one attached hydrogen (secondary N) is 1. The number of hydrogen-bond acceptors (Lipinski definition) is 6. The molecular weight excluding hydrogens is 356 g/mol. The summed E-state index contributed by atoms with van der Waals surface area (Å²) < 4.78 is 11.4. The van der Waals surface area contributed by atoms with Crippen LogP contribution in [0.25, 0.3) is 11.0 Å². The molecule has 0 aliphatic carbocycles. The van der Waals surface area contributed by atoms with Gasteiger partial charge in [-0.1, -0.05) is 12.1 Å². The van der Waals surface area contributed by atoms with Gasteiger partial charge in [-0.15, -0.1) is 0 Å². The van der Waals surface area contributed by atoms with Crippen LogP contribution in [0.5, 0.6) is 5.88 Å². The van der Waals surface area contributed by atoms with Gasteiger partial charge in [-0.3, -0.25) is 4.79 Å². The van der Waals surface area contributed by atoms with Crippen LogP contribution in [-0.2, 0) is 9.53 Å². The SMILES string of the molecule is CCOc1nc2ccccc2nc1N1CCC[C@H](C(=O)NC[C@@H]2CCCO2)C1. The van der Waals surface area contributed by atoms with Crippen LogP contribution in [-0.4, -0.2) is 54.8 Å². The van der Waals surface area contributed by atoms with Crippen molar-refractivity contribution in [2.45, 2.75) is 38.7 Å². The molecule has 7 nitrogen and oxygen atoms in total. The highest BCUT2D eigenvalue weighted by Crippen LogP contribution is 2.30. The Hall–Kier alpha value is -2.41. The normalized spacial score (nSPS) is 22.4. The third kappa shape index (κ3) is 4.19. The maximum atomic E-state index is 12.7. The number of carbonyl (C=O) groups is 1. The predicted octanol–water partition coefficient (Wildman–Crippen LogP) is 2.54. The van der Waals surface area contributed by atoms with Crippen molar-refractivity contribution in [2.24, 2.45) is 5.92 Å². The number of piperidine rings is 1. The number of amides is 1. The molecule has 4 rings (SSSR count). The van der Waals surface area contributed by atoms with Gasteiger partial charge in [0.25, 0.3) is 5.88 Å². The van der Waals surface area contributed by atoms with E-state index in [0.717, 1.165) is 55.7 Å². The van der Waals surface area contributed by atoms with Crippen LogP contribution in [0.1, 0.15) is 32.6 Å². The Bertz CT molecular complexity index is 822. The molecule has 2 atom stereocenters. The van der Waals surface area contributed by atoms with Crippen LogP contribution >= 0.6 is 0 Å². The first-order chi connectivity index (χ1) is 13.7. The van der Waals surface area contributed by atoms with E-state index in [1.54, 1.807) is 0 Å². The average molecular weight is 384 g/mol. The fourth-order valence-corrected chi connectivity index (χ4v) is 3.96. The van der Waals surface area contributed by atoms with Crippen molar-refractivity contribution in [2.75, 3.05) is 37.7 Å². The molecule has 2 fully saturated rings. The van der Waals surface area contributed by atoms with Gasteiger partial charge in [0.05, 0.1) is 29.7 Å². The van der Waals surface area contributed by atoms with E-state index in [4.69, 9.17) is 14.5 Å². The summed E-state index contributed by atoms with van der Waals surface area (Å²) >= 11 is 0. The zero-order valence-corrected chi connectivity index (χ0v) is 16.4. The van der Waals surface area contributed by atoms with Gasteiger partial charge in [0, 0.05) is 26.2 Å². The molecule has 2 aromatic rings. The van der Waals surface area contributed by atoms with Crippen molar-refractivity contribution in [3.63, 3.8) is 0 Å². The van der Waals surface area contributed by atoms with Crippen molar-refractivity contribution >= 4 is 22.8 Å². The summed E-state index contributed by atoms with van der Waals surface area (Å²) in [5.74, 6) is 1.32. The van der Waals surface area contributed by atoms with Crippen LogP contribution < -0.4 is 15.0 Å². The van der Waals surface area contributed by atoms with Crippen LogP contribution in [0.3, 0.4) is 0 Å². The molecule has 1 aromatic heterocycles. The monoisotopic (exact) mass is 384 g/mol. The Balaban J connectivity index is 1.48. The van der Waals surface area contributed by atoms with Gasteiger partial charge in [0.1, 0.15) is 0 Å². The summed E-state index contributed by atoms with van der Waals surface area (Å²) in [6, 6.07) is 7.80. The number of para-hydroxylation sites is 2. The quantitative estimate of drug-likeness (QED) is 0.825. The van der Waals surface area contributed by atoms with Gasteiger partial charge < -0.3 is 19.7 Å². The molecule has 2 aliphatic heterocycles. The first kappa shape index (κ1) is 18.9. The van der Waals surface area contributed by atoms with Crippen molar-refractivity contribution in [3.05, 3.63) is 24.3 Å². The fourth-order valence-electron chi connectivity index (χ4n) is 3.96. The molecule has 1 amide bonds. The third-order valence-corrected chi connectivity index (χ3v) is 5.42. The number of ether oxygens (including phenoxy) is 2. The minimum atomic E-state index is -0.0575. The van der Waals surface area contributed by atoms with E-state index >= 15 is 0 Å². The molecule has 0 spiro atoms. The molecule has 7 heteroatoms. The fraction of sp³-hybridized carbons (Fsp3) is 0.571. The minimum absolute atomic E-state index is 0.0575. The average Bonchev–Trinajstić information content (AvgIpc) is 3.25. The Labute approximate surface area is 165 Å². The second-order valence-corrected chi connectivity index (χ2v) is 7.44. The molecular formula is C21H28N4O3. The van der Waals surface area contributed by atoms with E-state index in [9.17, 15) is 4.79 Å². The lowest BCUT2D eigenvalue weighted by molar-refractivity contribution is -0.125. The standard InChI is InChI=1S/C21H28N4O3/c1-2-27-21-19(23-17-9-3-4-10-18(17)24-21)25-11-5-7-15(14-25)20(26)22-13-16-8-6-12-28-16/h3-4,9-10,15-16H,2,5-8,11-14H2,1H3,(H,22,26)/t15-,16-/m0/s1. The van der Waals surface area contributed by atoms with Gasteiger partial charge in [-0.2, -0.15) is 0 Å². The molecule has 2 saturated heterocycles. The Morgan fingerprint density at radius 2 is 2.07 bits per heavy atom. The van der Waals surface area contributed by atoms with E-state index in [1.807, 2.05) is 31.2 Å². The van der Waals surface area contributed by atoms with Crippen molar-refractivity contribution in [1.82, 2.24) is 15.3 Å². The largest absolute Gasteiger partial charge is 0.475 e. The van der Waals surface area contributed by atoms with E-state index in [0.29, 0.717) is 25.6 Å². The first-order valence-corrected chi connectivity index (χ1v) is 10.3. The zero-order valence-electron chi connectivity index (χ0n) is 16.4. The second kappa shape index (κ2) is 8.73. The molecule has 0 unspecified atom stereocenters. The molecule has 3 heterocycles. The summed E-state index contributed by atoms with van der Waals surface area (Å²) in [4.78, 5) is 24.3. The van der Waals surface area contributed by atoms with Gasteiger partial charge >= 0.3 is 0 Å². The Morgan fingerprint density at radius 3 is 2.82 bits per heavy atom. The predicted molar refractivity (Wildman–Crippen MR) is 108 cm³/mol.